The van der Waals surface area contributed by atoms with Gasteiger partial charge < -0.3 is 5.11 Å². The van der Waals surface area contributed by atoms with E-state index in [4.69, 9.17) is 0 Å². The van der Waals surface area contributed by atoms with Crippen LogP contribution < -0.4 is 0 Å². The zero-order valence-corrected chi connectivity index (χ0v) is 10.5. The molecule has 1 unspecified atom stereocenters. The summed E-state index contributed by atoms with van der Waals surface area (Å²) in [6.45, 7) is 2.45. The highest BCUT2D eigenvalue weighted by atomic mass is 32.2. The molecule has 0 radical (unpaired) electrons. The van der Waals surface area contributed by atoms with Crippen molar-refractivity contribution < 1.29 is 13.5 Å². The van der Waals surface area contributed by atoms with E-state index in [1.165, 1.54) is 22.8 Å². The average molecular weight is 256 g/mol. The van der Waals surface area contributed by atoms with Crippen molar-refractivity contribution in [3.05, 3.63) is 18.5 Å². The number of aromatic hydroxyl groups is 1. The lowest BCUT2D eigenvalue weighted by atomic mass is 10.1. The number of pyridine rings is 1. The van der Waals surface area contributed by atoms with Crippen LogP contribution in [0, 0.1) is 0 Å². The fourth-order valence-corrected chi connectivity index (χ4v) is 3.80. The number of hydrogen-bond donors (Lipinski definition) is 1. The first-order valence-electron chi connectivity index (χ1n) is 5.67. The van der Waals surface area contributed by atoms with Crippen LogP contribution in [0.2, 0.25) is 0 Å². The maximum atomic E-state index is 12.3. The van der Waals surface area contributed by atoms with Crippen molar-refractivity contribution in [2.75, 3.05) is 6.54 Å². The standard InChI is InChI=1S/C11H16N2O3S/c1-9-4-2-3-5-13(9)17(15,16)11-6-10(14)7-12-8-11/h6-9,14H,2-5H2,1H3. The number of sulfonamides is 1. The van der Waals surface area contributed by atoms with Crippen LogP contribution in [0.25, 0.3) is 0 Å². The molecule has 1 fully saturated rings. The topological polar surface area (TPSA) is 70.5 Å². The number of piperidine rings is 1. The molecule has 0 saturated carbocycles. The van der Waals surface area contributed by atoms with Gasteiger partial charge in [-0.15, -0.1) is 0 Å². The van der Waals surface area contributed by atoms with Gasteiger partial charge in [0.2, 0.25) is 10.0 Å². The van der Waals surface area contributed by atoms with E-state index in [0.29, 0.717) is 6.54 Å². The third-order valence-electron chi connectivity index (χ3n) is 3.05. The Balaban J connectivity index is 2.35. The van der Waals surface area contributed by atoms with Gasteiger partial charge in [-0.2, -0.15) is 4.31 Å². The maximum absolute atomic E-state index is 12.3. The van der Waals surface area contributed by atoms with Gasteiger partial charge in [-0.1, -0.05) is 6.42 Å². The molecule has 5 nitrogen and oxygen atoms in total. The Morgan fingerprint density at radius 3 is 2.82 bits per heavy atom. The van der Waals surface area contributed by atoms with E-state index < -0.39 is 10.0 Å². The molecule has 1 aromatic rings. The summed E-state index contributed by atoms with van der Waals surface area (Å²) in [5.74, 6) is -0.129. The van der Waals surface area contributed by atoms with Crippen molar-refractivity contribution in [1.29, 1.82) is 0 Å². The van der Waals surface area contributed by atoms with E-state index in [9.17, 15) is 13.5 Å². The van der Waals surface area contributed by atoms with Crippen molar-refractivity contribution in [1.82, 2.24) is 9.29 Å². The minimum absolute atomic E-state index is 0.0103. The second-order valence-electron chi connectivity index (χ2n) is 4.34. The first-order valence-corrected chi connectivity index (χ1v) is 7.11. The molecule has 1 atom stereocenters. The number of hydrogen-bond acceptors (Lipinski definition) is 4. The van der Waals surface area contributed by atoms with Crippen molar-refractivity contribution in [3.63, 3.8) is 0 Å². The number of aromatic nitrogens is 1. The highest BCUT2D eigenvalue weighted by Gasteiger charge is 2.31. The molecule has 1 saturated heterocycles. The van der Waals surface area contributed by atoms with E-state index in [1.54, 1.807) is 0 Å². The van der Waals surface area contributed by atoms with Crippen molar-refractivity contribution in [3.8, 4) is 5.75 Å². The van der Waals surface area contributed by atoms with Crippen molar-refractivity contribution in [2.45, 2.75) is 37.1 Å². The summed E-state index contributed by atoms with van der Waals surface area (Å²) in [4.78, 5) is 3.78. The summed E-state index contributed by atoms with van der Waals surface area (Å²) in [6, 6.07) is 1.25. The zero-order valence-electron chi connectivity index (χ0n) is 9.70. The molecule has 0 aliphatic carbocycles. The van der Waals surface area contributed by atoms with Crippen LogP contribution in [-0.4, -0.2) is 35.4 Å². The van der Waals surface area contributed by atoms with Gasteiger partial charge in [0.15, 0.2) is 0 Å². The molecule has 1 aliphatic rings. The van der Waals surface area contributed by atoms with Gasteiger partial charge in [-0.25, -0.2) is 8.42 Å². The predicted octanol–water partition coefficient (Wildman–Crippen LogP) is 1.35. The van der Waals surface area contributed by atoms with Crippen LogP contribution in [0.15, 0.2) is 23.4 Å². The molecule has 2 heterocycles. The fraction of sp³-hybridized carbons (Fsp3) is 0.545. The molecule has 0 aromatic carbocycles. The van der Waals surface area contributed by atoms with Gasteiger partial charge in [-0.3, -0.25) is 4.98 Å². The summed E-state index contributed by atoms with van der Waals surface area (Å²) >= 11 is 0. The summed E-state index contributed by atoms with van der Waals surface area (Å²) in [5, 5.41) is 9.30. The first-order chi connectivity index (χ1) is 8.01. The molecule has 17 heavy (non-hydrogen) atoms. The largest absolute Gasteiger partial charge is 0.506 e. The van der Waals surface area contributed by atoms with E-state index in [1.807, 2.05) is 6.92 Å². The van der Waals surface area contributed by atoms with Gasteiger partial charge in [0.1, 0.15) is 10.6 Å². The second kappa shape index (κ2) is 4.62. The molecule has 0 bridgehead atoms. The van der Waals surface area contributed by atoms with Crippen LogP contribution >= 0.6 is 0 Å². The monoisotopic (exact) mass is 256 g/mol. The minimum atomic E-state index is -3.52. The Morgan fingerprint density at radius 1 is 1.41 bits per heavy atom. The van der Waals surface area contributed by atoms with Crippen molar-refractivity contribution in [2.24, 2.45) is 0 Å². The average Bonchev–Trinajstić information content (AvgIpc) is 2.29. The van der Waals surface area contributed by atoms with Crippen LogP contribution in [0.5, 0.6) is 5.75 Å². The van der Waals surface area contributed by atoms with Crippen LogP contribution in [-0.2, 0) is 10.0 Å². The Hall–Kier alpha value is -1.14. The lowest BCUT2D eigenvalue weighted by Crippen LogP contribution is -2.41. The van der Waals surface area contributed by atoms with Gasteiger partial charge in [-0.05, 0) is 19.8 Å². The summed E-state index contributed by atoms with van der Waals surface area (Å²) < 4.78 is 26.1. The maximum Gasteiger partial charge on any atom is 0.244 e. The van der Waals surface area contributed by atoms with E-state index in [2.05, 4.69) is 4.98 Å². The molecule has 0 amide bonds. The zero-order chi connectivity index (χ0) is 12.5. The first kappa shape index (κ1) is 12.3. The molecule has 1 N–H and O–H groups in total. The van der Waals surface area contributed by atoms with Gasteiger partial charge in [0, 0.05) is 24.8 Å². The summed E-state index contributed by atoms with van der Waals surface area (Å²) in [5.41, 5.74) is 0. The van der Waals surface area contributed by atoms with Crippen molar-refractivity contribution >= 4 is 10.0 Å². The quantitative estimate of drug-likeness (QED) is 0.867. The van der Waals surface area contributed by atoms with Gasteiger partial charge >= 0.3 is 0 Å². The summed E-state index contributed by atoms with van der Waals surface area (Å²) in [6.07, 6.45) is 5.32. The Labute approximate surface area is 101 Å². The van der Waals surface area contributed by atoms with Crippen LogP contribution in [0.1, 0.15) is 26.2 Å². The van der Waals surface area contributed by atoms with E-state index >= 15 is 0 Å². The molecule has 6 heteroatoms. The number of nitrogens with zero attached hydrogens (tertiary/aromatic N) is 2. The highest BCUT2D eigenvalue weighted by Crippen LogP contribution is 2.25. The lowest BCUT2D eigenvalue weighted by molar-refractivity contribution is 0.268. The van der Waals surface area contributed by atoms with Gasteiger partial charge in [0.25, 0.3) is 0 Å². The Kier molecular flexibility index (Phi) is 3.35. The third-order valence-corrected chi connectivity index (χ3v) is 5.03. The Morgan fingerprint density at radius 2 is 2.18 bits per heavy atom. The predicted molar refractivity (Wildman–Crippen MR) is 63.1 cm³/mol. The Bertz CT molecular complexity index is 501. The van der Waals surface area contributed by atoms with Gasteiger partial charge in [0.05, 0.1) is 6.20 Å². The molecular weight excluding hydrogens is 240 g/mol. The molecule has 0 spiro atoms. The normalized spacial score (nSPS) is 22.5. The fourth-order valence-electron chi connectivity index (χ4n) is 2.11. The molecule has 1 aliphatic heterocycles. The molecule has 94 valence electrons. The van der Waals surface area contributed by atoms with Crippen LogP contribution in [0.3, 0.4) is 0 Å². The van der Waals surface area contributed by atoms with Crippen LogP contribution in [0.4, 0.5) is 0 Å². The lowest BCUT2D eigenvalue weighted by Gasteiger charge is -2.32. The van der Waals surface area contributed by atoms with E-state index in [-0.39, 0.29) is 16.7 Å². The highest BCUT2D eigenvalue weighted by molar-refractivity contribution is 7.89. The SMILES string of the molecule is CC1CCCCN1S(=O)(=O)c1cncc(O)c1. The van der Waals surface area contributed by atoms with E-state index in [0.717, 1.165) is 19.3 Å². The smallest absolute Gasteiger partial charge is 0.244 e. The number of rotatable bonds is 2. The minimum Gasteiger partial charge on any atom is -0.506 e. The third kappa shape index (κ3) is 2.42. The molecular formula is C11H16N2O3S. The summed E-state index contributed by atoms with van der Waals surface area (Å²) in [7, 11) is -3.52. The second-order valence-corrected chi connectivity index (χ2v) is 6.23. The molecule has 2 rings (SSSR count). The molecule has 1 aromatic heterocycles.